The fourth-order valence-corrected chi connectivity index (χ4v) is 2.21. The van der Waals surface area contributed by atoms with Crippen molar-refractivity contribution in [3.8, 4) is 0 Å². The molecule has 17 heavy (non-hydrogen) atoms. The van der Waals surface area contributed by atoms with E-state index in [1.54, 1.807) is 0 Å². The van der Waals surface area contributed by atoms with Gasteiger partial charge in [0, 0.05) is 10.6 Å². The Labute approximate surface area is 102 Å². The van der Waals surface area contributed by atoms with Gasteiger partial charge in [0.1, 0.15) is 11.3 Å². The Morgan fingerprint density at radius 2 is 2.00 bits per heavy atom. The molecule has 1 aromatic carbocycles. The molecule has 1 aromatic heterocycles. The van der Waals surface area contributed by atoms with E-state index in [2.05, 4.69) is 0 Å². The van der Waals surface area contributed by atoms with Gasteiger partial charge in [0.25, 0.3) is 0 Å². The Kier molecular flexibility index (Phi) is 3.39. The monoisotopic (exact) mass is 249 g/mol. The van der Waals surface area contributed by atoms with Crippen molar-refractivity contribution in [2.75, 3.05) is 5.73 Å². The number of carboxylic acid groups (broad SMARTS) is 1. The van der Waals surface area contributed by atoms with E-state index in [1.807, 2.05) is 24.3 Å². The summed E-state index contributed by atoms with van der Waals surface area (Å²) >= 11 is 1.51. The third kappa shape index (κ3) is 2.82. The number of aromatic carboxylic acids is 1. The van der Waals surface area contributed by atoms with Crippen molar-refractivity contribution in [3.63, 3.8) is 0 Å². The molecule has 0 amide bonds. The van der Waals surface area contributed by atoms with Crippen molar-refractivity contribution in [2.24, 2.45) is 0 Å². The van der Waals surface area contributed by atoms with Crippen LogP contribution in [-0.2, 0) is 5.75 Å². The standard InChI is InChI=1S/C12H11NO3S/c13-8-1-3-9(4-2-8)17-7-11-10(12(14)15)5-6-16-11/h1-6H,7,13H2,(H,14,15). The number of anilines is 1. The first kappa shape index (κ1) is 11.6. The van der Waals surface area contributed by atoms with Gasteiger partial charge in [-0.05, 0) is 30.3 Å². The third-order valence-electron chi connectivity index (χ3n) is 2.23. The van der Waals surface area contributed by atoms with Crippen LogP contribution in [0.1, 0.15) is 16.1 Å². The number of nitrogen functional groups attached to an aromatic ring is 1. The maximum atomic E-state index is 10.9. The van der Waals surface area contributed by atoms with Crippen LogP contribution in [0.3, 0.4) is 0 Å². The normalized spacial score (nSPS) is 10.4. The smallest absolute Gasteiger partial charge is 0.339 e. The van der Waals surface area contributed by atoms with E-state index >= 15 is 0 Å². The molecule has 5 heteroatoms. The SMILES string of the molecule is Nc1ccc(SCc2occc2C(=O)O)cc1. The first-order valence-corrected chi connectivity index (χ1v) is 5.93. The fourth-order valence-electron chi connectivity index (χ4n) is 1.36. The second-order valence-corrected chi connectivity index (χ2v) is 4.47. The number of carboxylic acids is 1. The Morgan fingerprint density at radius 1 is 1.29 bits per heavy atom. The highest BCUT2D eigenvalue weighted by Gasteiger charge is 2.13. The van der Waals surface area contributed by atoms with Crippen LogP contribution in [0.25, 0.3) is 0 Å². The van der Waals surface area contributed by atoms with E-state index in [4.69, 9.17) is 15.3 Å². The third-order valence-corrected chi connectivity index (χ3v) is 3.24. The highest BCUT2D eigenvalue weighted by Crippen LogP contribution is 2.25. The second kappa shape index (κ2) is 4.97. The quantitative estimate of drug-likeness (QED) is 0.643. The van der Waals surface area contributed by atoms with Gasteiger partial charge in [-0.2, -0.15) is 0 Å². The molecule has 0 aliphatic rings. The Morgan fingerprint density at radius 3 is 2.65 bits per heavy atom. The lowest BCUT2D eigenvalue weighted by molar-refractivity contribution is 0.0695. The lowest BCUT2D eigenvalue weighted by atomic mass is 10.3. The van der Waals surface area contributed by atoms with Gasteiger partial charge in [0.05, 0.1) is 12.0 Å². The number of benzene rings is 1. The van der Waals surface area contributed by atoms with Gasteiger partial charge in [-0.25, -0.2) is 4.79 Å². The van der Waals surface area contributed by atoms with Crippen LogP contribution in [0.2, 0.25) is 0 Å². The van der Waals surface area contributed by atoms with Crippen molar-refractivity contribution in [3.05, 3.63) is 47.9 Å². The number of hydrogen-bond acceptors (Lipinski definition) is 4. The summed E-state index contributed by atoms with van der Waals surface area (Å²) in [5, 5.41) is 8.90. The maximum Gasteiger partial charge on any atom is 0.339 e. The average Bonchev–Trinajstić information content (AvgIpc) is 2.76. The number of rotatable bonds is 4. The predicted molar refractivity (Wildman–Crippen MR) is 66.1 cm³/mol. The van der Waals surface area contributed by atoms with Crippen LogP contribution < -0.4 is 5.73 Å². The average molecular weight is 249 g/mol. The van der Waals surface area contributed by atoms with Crippen molar-refractivity contribution in [1.82, 2.24) is 0 Å². The summed E-state index contributed by atoms with van der Waals surface area (Å²) < 4.78 is 5.15. The summed E-state index contributed by atoms with van der Waals surface area (Å²) in [6.45, 7) is 0. The van der Waals surface area contributed by atoms with Gasteiger partial charge in [-0.3, -0.25) is 0 Å². The minimum Gasteiger partial charge on any atom is -0.478 e. The number of hydrogen-bond donors (Lipinski definition) is 2. The molecule has 2 aromatic rings. The van der Waals surface area contributed by atoms with Gasteiger partial charge in [0.15, 0.2) is 0 Å². The van der Waals surface area contributed by atoms with Crippen molar-refractivity contribution < 1.29 is 14.3 Å². The molecule has 0 saturated carbocycles. The van der Waals surface area contributed by atoms with Gasteiger partial charge in [-0.1, -0.05) is 0 Å². The molecule has 0 bridgehead atoms. The molecule has 0 saturated heterocycles. The Hall–Kier alpha value is -1.88. The summed E-state index contributed by atoms with van der Waals surface area (Å²) in [5.41, 5.74) is 6.50. The summed E-state index contributed by atoms with van der Waals surface area (Å²) in [6.07, 6.45) is 1.39. The van der Waals surface area contributed by atoms with E-state index in [0.717, 1.165) is 4.90 Å². The molecule has 2 rings (SSSR count). The summed E-state index contributed by atoms with van der Waals surface area (Å²) in [7, 11) is 0. The molecule has 0 aliphatic carbocycles. The van der Waals surface area contributed by atoms with Crippen molar-refractivity contribution in [2.45, 2.75) is 10.6 Å². The van der Waals surface area contributed by atoms with Crippen LogP contribution in [0.4, 0.5) is 5.69 Å². The number of furan rings is 1. The first-order chi connectivity index (χ1) is 8.16. The predicted octanol–water partition coefficient (Wildman–Crippen LogP) is 2.85. The molecule has 0 radical (unpaired) electrons. The van der Waals surface area contributed by atoms with Gasteiger partial charge >= 0.3 is 5.97 Å². The minimum atomic E-state index is -0.966. The van der Waals surface area contributed by atoms with E-state index in [-0.39, 0.29) is 5.56 Å². The number of thioether (sulfide) groups is 1. The topological polar surface area (TPSA) is 76.5 Å². The lowest BCUT2D eigenvalue weighted by Crippen LogP contribution is -1.97. The number of nitrogens with two attached hydrogens (primary N) is 1. The largest absolute Gasteiger partial charge is 0.478 e. The van der Waals surface area contributed by atoms with Crippen molar-refractivity contribution in [1.29, 1.82) is 0 Å². The molecular weight excluding hydrogens is 238 g/mol. The maximum absolute atomic E-state index is 10.9. The zero-order valence-electron chi connectivity index (χ0n) is 8.92. The van der Waals surface area contributed by atoms with Gasteiger partial charge in [0.2, 0.25) is 0 Å². The van der Waals surface area contributed by atoms with E-state index < -0.39 is 5.97 Å². The summed E-state index contributed by atoms with van der Waals surface area (Å²) in [4.78, 5) is 11.9. The zero-order valence-corrected chi connectivity index (χ0v) is 9.74. The molecule has 0 unspecified atom stereocenters. The van der Waals surface area contributed by atoms with Crippen LogP contribution >= 0.6 is 11.8 Å². The molecule has 3 N–H and O–H groups in total. The Balaban J connectivity index is 2.05. The van der Waals surface area contributed by atoms with Crippen LogP contribution in [0.5, 0.6) is 0 Å². The lowest BCUT2D eigenvalue weighted by Gasteiger charge is -2.01. The zero-order chi connectivity index (χ0) is 12.3. The summed E-state index contributed by atoms with van der Waals surface area (Å²) in [5.74, 6) is -0.00979. The molecular formula is C12H11NO3S. The molecule has 88 valence electrons. The van der Waals surface area contributed by atoms with E-state index in [0.29, 0.717) is 17.2 Å². The van der Waals surface area contributed by atoms with Crippen LogP contribution in [0.15, 0.2) is 45.9 Å². The van der Waals surface area contributed by atoms with Crippen molar-refractivity contribution >= 4 is 23.4 Å². The molecule has 0 spiro atoms. The number of carbonyl (C=O) groups is 1. The van der Waals surface area contributed by atoms with Gasteiger partial charge in [-0.15, -0.1) is 11.8 Å². The van der Waals surface area contributed by atoms with Crippen LogP contribution in [-0.4, -0.2) is 11.1 Å². The highest BCUT2D eigenvalue weighted by molar-refractivity contribution is 7.98. The molecule has 4 nitrogen and oxygen atoms in total. The molecule has 0 aliphatic heterocycles. The Bertz CT molecular complexity index is 519. The van der Waals surface area contributed by atoms with Crippen LogP contribution in [0, 0.1) is 0 Å². The van der Waals surface area contributed by atoms with Gasteiger partial charge < -0.3 is 15.3 Å². The first-order valence-electron chi connectivity index (χ1n) is 4.95. The van der Waals surface area contributed by atoms with E-state index in [1.165, 1.54) is 24.1 Å². The highest BCUT2D eigenvalue weighted by atomic mass is 32.2. The minimum absolute atomic E-state index is 0.216. The molecule has 1 heterocycles. The fraction of sp³-hybridized carbons (Fsp3) is 0.0833. The second-order valence-electron chi connectivity index (χ2n) is 3.42. The molecule has 0 atom stereocenters. The molecule has 0 fully saturated rings. The van der Waals surface area contributed by atoms with E-state index in [9.17, 15) is 4.79 Å². The summed E-state index contributed by atoms with van der Waals surface area (Å²) in [6, 6.07) is 8.86.